The number of unbranched alkanes of at least 4 members (excludes halogenated alkanes) is 1. The molecule has 1 aliphatic heterocycles. The molecular weight excluding hydrogens is 504 g/mol. The molecule has 40 heavy (non-hydrogen) atoms. The SMILES string of the molecule is CCCCn1c(-c2ccccc2)nc(C#N)c1CN(Cc1ccc(C(=O)O)cc1)Cc1ccc2c(c1)OCCO2. The molecule has 3 aromatic carbocycles. The van der Waals surface area contributed by atoms with Gasteiger partial charge in [0.15, 0.2) is 17.2 Å². The molecule has 0 bridgehead atoms. The van der Waals surface area contributed by atoms with Crippen LogP contribution in [0.15, 0.2) is 72.8 Å². The van der Waals surface area contributed by atoms with E-state index >= 15 is 0 Å². The minimum Gasteiger partial charge on any atom is -0.486 e. The number of benzene rings is 3. The molecule has 2 heterocycles. The average molecular weight is 537 g/mol. The lowest BCUT2D eigenvalue weighted by molar-refractivity contribution is 0.0697. The summed E-state index contributed by atoms with van der Waals surface area (Å²) in [5, 5.41) is 19.4. The first-order valence-electron chi connectivity index (χ1n) is 13.5. The molecule has 204 valence electrons. The maximum absolute atomic E-state index is 11.4. The number of hydrogen-bond acceptors (Lipinski definition) is 6. The molecule has 0 atom stereocenters. The van der Waals surface area contributed by atoms with Crippen LogP contribution in [0.5, 0.6) is 11.5 Å². The zero-order valence-electron chi connectivity index (χ0n) is 22.5. The molecule has 0 fully saturated rings. The fourth-order valence-corrected chi connectivity index (χ4v) is 4.94. The molecule has 0 aliphatic carbocycles. The monoisotopic (exact) mass is 536 g/mol. The summed E-state index contributed by atoms with van der Waals surface area (Å²) < 4.78 is 13.7. The molecule has 0 amide bonds. The first-order valence-corrected chi connectivity index (χ1v) is 13.5. The second kappa shape index (κ2) is 12.5. The van der Waals surface area contributed by atoms with Gasteiger partial charge in [0.05, 0.1) is 11.3 Å². The third-order valence-electron chi connectivity index (χ3n) is 6.94. The van der Waals surface area contributed by atoms with Crippen LogP contribution in [0.3, 0.4) is 0 Å². The van der Waals surface area contributed by atoms with Crippen LogP contribution < -0.4 is 9.47 Å². The second-order valence-corrected chi connectivity index (χ2v) is 9.84. The number of carboxylic acids is 1. The molecule has 8 nitrogen and oxygen atoms in total. The predicted octanol–water partition coefficient (Wildman–Crippen LogP) is 5.89. The van der Waals surface area contributed by atoms with E-state index in [2.05, 4.69) is 22.5 Å². The van der Waals surface area contributed by atoms with E-state index < -0.39 is 5.97 Å². The Morgan fingerprint density at radius 3 is 2.38 bits per heavy atom. The van der Waals surface area contributed by atoms with E-state index in [4.69, 9.17) is 14.5 Å². The molecule has 4 aromatic rings. The summed E-state index contributed by atoms with van der Waals surface area (Å²) in [5.41, 5.74) is 4.54. The van der Waals surface area contributed by atoms with Crippen molar-refractivity contribution in [1.29, 1.82) is 5.26 Å². The summed E-state index contributed by atoms with van der Waals surface area (Å²) in [4.78, 5) is 18.4. The highest BCUT2D eigenvalue weighted by Gasteiger charge is 2.22. The summed E-state index contributed by atoms with van der Waals surface area (Å²) in [5.74, 6) is 1.31. The number of carboxylic acid groups (broad SMARTS) is 1. The topological polar surface area (TPSA) is 101 Å². The van der Waals surface area contributed by atoms with Gasteiger partial charge in [0, 0.05) is 31.7 Å². The molecule has 5 rings (SSSR count). The van der Waals surface area contributed by atoms with Crippen LogP contribution in [-0.2, 0) is 26.2 Å². The van der Waals surface area contributed by atoms with Crippen molar-refractivity contribution >= 4 is 5.97 Å². The quantitative estimate of drug-likeness (QED) is 0.255. The summed E-state index contributed by atoms with van der Waals surface area (Å²) in [7, 11) is 0. The molecule has 1 N–H and O–H groups in total. The molecule has 1 aliphatic rings. The van der Waals surface area contributed by atoms with Gasteiger partial charge in [0.25, 0.3) is 0 Å². The zero-order valence-corrected chi connectivity index (χ0v) is 22.5. The second-order valence-electron chi connectivity index (χ2n) is 9.84. The Kier molecular flexibility index (Phi) is 8.43. The van der Waals surface area contributed by atoms with Gasteiger partial charge < -0.3 is 19.1 Å². The summed E-state index contributed by atoms with van der Waals surface area (Å²) >= 11 is 0. The molecule has 8 heteroatoms. The molecule has 0 spiro atoms. The Labute approximate surface area is 234 Å². The minimum atomic E-state index is -0.952. The maximum atomic E-state index is 11.4. The smallest absolute Gasteiger partial charge is 0.335 e. The number of nitrogens with zero attached hydrogens (tertiary/aromatic N) is 4. The Bertz CT molecular complexity index is 1510. The van der Waals surface area contributed by atoms with Crippen molar-refractivity contribution in [2.75, 3.05) is 13.2 Å². The Morgan fingerprint density at radius 2 is 1.68 bits per heavy atom. The van der Waals surface area contributed by atoms with E-state index in [1.54, 1.807) is 12.1 Å². The van der Waals surface area contributed by atoms with Crippen LogP contribution in [0.4, 0.5) is 0 Å². The molecule has 1 aromatic heterocycles. The van der Waals surface area contributed by atoms with Crippen molar-refractivity contribution < 1.29 is 19.4 Å². The number of hydrogen-bond donors (Lipinski definition) is 1. The molecule has 0 saturated heterocycles. The molecule has 0 saturated carbocycles. The summed E-state index contributed by atoms with van der Waals surface area (Å²) in [6, 6.07) is 25.2. The van der Waals surface area contributed by atoms with E-state index in [9.17, 15) is 15.2 Å². The zero-order chi connectivity index (χ0) is 27.9. The molecular formula is C32H32N4O4. The number of fused-ring (bicyclic) bond motifs is 1. The van der Waals surface area contributed by atoms with Crippen LogP contribution in [0.1, 0.15) is 52.6 Å². The van der Waals surface area contributed by atoms with Gasteiger partial charge in [0.2, 0.25) is 0 Å². The third-order valence-corrected chi connectivity index (χ3v) is 6.94. The molecule has 0 radical (unpaired) electrons. The number of nitriles is 1. The van der Waals surface area contributed by atoms with Gasteiger partial charge in [-0.1, -0.05) is 61.9 Å². The number of carbonyl (C=O) groups is 1. The Morgan fingerprint density at radius 1 is 0.975 bits per heavy atom. The van der Waals surface area contributed by atoms with Gasteiger partial charge in [-0.2, -0.15) is 5.26 Å². The first kappa shape index (κ1) is 27.0. The Hall–Kier alpha value is -4.61. The fraction of sp³-hybridized carbons (Fsp3) is 0.281. The van der Waals surface area contributed by atoms with Crippen molar-refractivity contribution in [3.05, 3.63) is 101 Å². The normalized spacial score (nSPS) is 12.3. The van der Waals surface area contributed by atoms with E-state index in [0.717, 1.165) is 59.1 Å². The van der Waals surface area contributed by atoms with Gasteiger partial charge in [-0.15, -0.1) is 0 Å². The highest BCUT2D eigenvalue weighted by molar-refractivity contribution is 5.87. The van der Waals surface area contributed by atoms with Crippen molar-refractivity contribution in [2.24, 2.45) is 0 Å². The highest BCUT2D eigenvalue weighted by Crippen LogP contribution is 2.32. The van der Waals surface area contributed by atoms with Crippen LogP contribution in [0.2, 0.25) is 0 Å². The lowest BCUT2D eigenvalue weighted by Crippen LogP contribution is -2.25. The van der Waals surface area contributed by atoms with Crippen molar-refractivity contribution in [3.63, 3.8) is 0 Å². The largest absolute Gasteiger partial charge is 0.486 e. The van der Waals surface area contributed by atoms with Crippen LogP contribution in [-0.4, -0.2) is 38.7 Å². The number of rotatable bonds is 11. The third kappa shape index (κ3) is 6.16. The van der Waals surface area contributed by atoms with E-state index in [-0.39, 0.29) is 5.56 Å². The number of aromatic nitrogens is 2. The lowest BCUT2D eigenvalue weighted by atomic mass is 10.1. The number of imidazole rings is 1. The van der Waals surface area contributed by atoms with Gasteiger partial charge in [-0.3, -0.25) is 4.90 Å². The average Bonchev–Trinajstić information content (AvgIpc) is 3.33. The van der Waals surface area contributed by atoms with Crippen LogP contribution >= 0.6 is 0 Å². The lowest BCUT2D eigenvalue weighted by Gasteiger charge is -2.25. The van der Waals surface area contributed by atoms with Gasteiger partial charge in [-0.05, 0) is 41.8 Å². The minimum absolute atomic E-state index is 0.249. The standard InChI is InChI=1S/C32H32N4O4/c1-2-3-15-36-28(27(19-33)34-31(36)25-7-5-4-6-8-25)22-35(20-23-9-12-26(13-10-23)32(37)38)21-24-11-14-29-30(18-24)40-17-16-39-29/h4-14,18H,2-3,15-17,20-22H2,1H3,(H,37,38). The maximum Gasteiger partial charge on any atom is 0.335 e. The van der Waals surface area contributed by atoms with Crippen molar-refractivity contribution in [3.8, 4) is 29.0 Å². The van der Waals surface area contributed by atoms with Crippen LogP contribution in [0.25, 0.3) is 11.4 Å². The van der Waals surface area contributed by atoms with Crippen molar-refractivity contribution in [2.45, 2.75) is 45.9 Å². The summed E-state index contributed by atoms with van der Waals surface area (Å²) in [6.07, 6.45) is 1.98. The van der Waals surface area contributed by atoms with Gasteiger partial charge >= 0.3 is 5.97 Å². The number of aromatic carboxylic acids is 1. The predicted molar refractivity (Wildman–Crippen MR) is 151 cm³/mol. The van der Waals surface area contributed by atoms with E-state index in [1.807, 2.05) is 60.7 Å². The summed E-state index contributed by atoms with van der Waals surface area (Å²) in [6.45, 7) is 5.59. The van der Waals surface area contributed by atoms with Gasteiger partial charge in [-0.25, -0.2) is 9.78 Å². The molecule has 0 unspecified atom stereocenters. The van der Waals surface area contributed by atoms with Gasteiger partial charge in [0.1, 0.15) is 25.1 Å². The fourth-order valence-electron chi connectivity index (χ4n) is 4.94. The van der Waals surface area contributed by atoms with E-state index in [0.29, 0.717) is 38.5 Å². The van der Waals surface area contributed by atoms with E-state index in [1.165, 1.54) is 0 Å². The Balaban J connectivity index is 1.51. The first-order chi connectivity index (χ1) is 19.6. The highest BCUT2D eigenvalue weighted by atomic mass is 16.6. The van der Waals surface area contributed by atoms with Crippen LogP contribution in [0, 0.1) is 11.3 Å². The number of ether oxygens (including phenoxy) is 2. The van der Waals surface area contributed by atoms with Crippen molar-refractivity contribution in [1.82, 2.24) is 14.5 Å².